The number of rotatable bonds is 3. The molecule has 0 aromatic heterocycles. The average molecular weight is 341 g/mol. The lowest BCUT2D eigenvalue weighted by Crippen LogP contribution is -2.46. The van der Waals surface area contributed by atoms with Crippen LogP contribution in [0.1, 0.15) is 12.5 Å². The Bertz CT molecular complexity index is 629. The van der Waals surface area contributed by atoms with E-state index in [9.17, 15) is 31.8 Å². The third-order valence-electron chi connectivity index (χ3n) is 3.37. The third kappa shape index (κ3) is 3.10. The van der Waals surface area contributed by atoms with Crippen LogP contribution in [0, 0.1) is 0 Å². The summed E-state index contributed by atoms with van der Waals surface area (Å²) in [5.74, 6) is 0. The maximum Gasteiger partial charge on any atom is 0.416 e. The van der Waals surface area contributed by atoms with Crippen LogP contribution in [0.25, 0.3) is 0 Å². The van der Waals surface area contributed by atoms with Crippen molar-refractivity contribution < 1.29 is 36.5 Å². The fourth-order valence-electron chi connectivity index (χ4n) is 2.18. The van der Waals surface area contributed by atoms with Gasteiger partial charge >= 0.3 is 6.18 Å². The van der Waals surface area contributed by atoms with Crippen molar-refractivity contribution in [3.05, 3.63) is 29.8 Å². The smallest absolute Gasteiger partial charge is 0.367 e. The maximum absolute atomic E-state index is 12.5. The molecule has 22 heavy (non-hydrogen) atoms. The van der Waals surface area contributed by atoms with E-state index in [2.05, 4.69) is 0 Å². The fraction of sp³-hybridized carbons (Fsp3) is 0.500. The van der Waals surface area contributed by atoms with E-state index >= 15 is 0 Å². The molecular formula is C12H14F3NO5S. The van der Waals surface area contributed by atoms with Gasteiger partial charge in [0, 0.05) is 0 Å². The standard InChI is InChI=1S/C12H14F3NO5S/c1-7-10(11(17)18)16(6-21-7)22(19,20)9-4-2-8(3-5-9)12(13,14)15/h2-5,7,10-11,17-18H,6H2,1H3/t7-,10+/m1/s1. The first-order valence-corrected chi connectivity index (χ1v) is 7.66. The van der Waals surface area contributed by atoms with Gasteiger partial charge in [-0.25, -0.2) is 8.42 Å². The summed E-state index contributed by atoms with van der Waals surface area (Å²) in [5.41, 5.74) is -0.976. The van der Waals surface area contributed by atoms with Gasteiger partial charge in [0.2, 0.25) is 10.0 Å². The van der Waals surface area contributed by atoms with Crippen LogP contribution in [0.4, 0.5) is 13.2 Å². The van der Waals surface area contributed by atoms with Crippen LogP contribution in [0.15, 0.2) is 29.2 Å². The van der Waals surface area contributed by atoms with Crippen LogP contribution in [-0.2, 0) is 20.9 Å². The lowest BCUT2D eigenvalue weighted by molar-refractivity contribution is -0.137. The van der Waals surface area contributed by atoms with Crippen molar-refractivity contribution in [1.82, 2.24) is 4.31 Å². The second kappa shape index (κ2) is 5.78. The molecule has 1 saturated heterocycles. The van der Waals surface area contributed by atoms with Crippen LogP contribution in [0.5, 0.6) is 0 Å². The first-order valence-electron chi connectivity index (χ1n) is 6.22. The quantitative estimate of drug-likeness (QED) is 0.793. The summed E-state index contributed by atoms with van der Waals surface area (Å²) in [5, 5.41) is 18.5. The van der Waals surface area contributed by atoms with E-state index in [-0.39, 0.29) is 4.90 Å². The molecule has 0 bridgehead atoms. The van der Waals surface area contributed by atoms with Gasteiger partial charge in [0.15, 0.2) is 6.29 Å². The summed E-state index contributed by atoms with van der Waals surface area (Å²) in [7, 11) is -4.21. The summed E-state index contributed by atoms with van der Waals surface area (Å²) in [6.07, 6.45) is -7.30. The molecule has 0 saturated carbocycles. The lowest BCUT2D eigenvalue weighted by Gasteiger charge is -2.25. The Balaban J connectivity index is 2.34. The number of hydrogen-bond donors (Lipinski definition) is 2. The number of benzene rings is 1. The van der Waals surface area contributed by atoms with Crippen molar-refractivity contribution in [3.63, 3.8) is 0 Å². The van der Waals surface area contributed by atoms with Gasteiger partial charge < -0.3 is 14.9 Å². The Kier molecular flexibility index (Phi) is 4.51. The summed E-state index contributed by atoms with van der Waals surface area (Å²) in [4.78, 5) is -0.385. The number of nitrogens with zero attached hydrogens (tertiary/aromatic N) is 1. The topological polar surface area (TPSA) is 87.1 Å². The molecule has 1 aromatic carbocycles. The van der Waals surface area contributed by atoms with E-state index in [0.29, 0.717) is 16.4 Å². The molecule has 6 nitrogen and oxygen atoms in total. The first-order chi connectivity index (χ1) is 10.0. The van der Waals surface area contributed by atoms with E-state index in [1.807, 2.05) is 0 Å². The van der Waals surface area contributed by atoms with E-state index < -0.39 is 46.9 Å². The van der Waals surface area contributed by atoms with Gasteiger partial charge in [-0.2, -0.15) is 17.5 Å². The molecule has 2 rings (SSSR count). The maximum atomic E-state index is 12.5. The molecule has 124 valence electrons. The molecule has 0 spiro atoms. The highest BCUT2D eigenvalue weighted by atomic mass is 32.2. The second-order valence-corrected chi connectivity index (χ2v) is 6.71. The molecular weight excluding hydrogens is 327 g/mol. The monoisotopic (exact) mass is 341 g/mol. The summed E-state index contributed by atoms with van der Waals surface area (Å²) < 4.78 is 68.1. The van der Waals surface area contributed by atoms with Gasteiger partial charge in [-0.1, -0.05) is 0 Å². The van der Waals surface area contributed by atoms with E-state index in [4.69, 9.17) is 4.74 Å². The van der Waals surface area contributed by atoms with Crippen molar-refractivity contribution in [2.45, 2.75) is 36.4 Å². The van der Waals surface area contributed by atoms with Crippen molar-refractivity contribution in [1.29, 1.82) is 0 Å². The van der Waals surface area contributed by atoms with Crippen molar-refractivity contribution >= 4 is 10.0 Å². The Morgan fingerprint density at radius 1 is 1.27 bits per heavy atom. The van der Waals surface area contributed by atoms with Crippen LogP contribution >= 0.6 is 0 Å². The largest absolute Gasteiger partial charge is 0.416 e. The minimum Gasteiger partial charge on any atom is -0.367 e. The molecule has 10 heteroatoms. The van der Waals surface area contributed by atoms with Gasteiger partial charge in [0.05, 0.1) is 16.6 Å². The number of aliphatic hydroxyl groups excluding tert-OH is 1. The van der Waals surface area contributed by atoms with Crippen molar-refractivity contribution in [3.8, 4) is 0 Å². The van der Waals surface area contributed by atoms with E-state index in [1.54, 1.807) is 0 Å². The van der Waals surface area contributed by atoms with Gasteiger partial charge in [0.1, 0.15) is 12.8 Å². The van der Waals surface area contributed by atoms with Crippen LogP contribution < -0.4 is 0 Å². The van der Waals surface area contributed by atoms with Crippen LogP contribution in [0.2, 0.25) is 0 Å². The Morgan fingerprint density at radius 3 is 2.27 bits per heavy atom. The molecule has 0 radical (unpaired) electrons. The molecule has 2 atom stereocenters. The molecule has 2 N–H and O–H groups in total. The van der Waals surface area contributed by atoms with Gasteiger partial charge in [-0.15, -0.1) is 0 Å². The number of hydrogen-bond acceptors (Lipinski definition) is 5. The average Bonchev–Trinajstić information content (AvgIpc) is 2.80. The second-order valence-electron chi connectivity index (χ2n) is 4.82. The number of alkyl halides is 3. The highest BCUT2D eigenvalue weighted by Gasteiger charge is 2.44. The summed E-state index contributed by atoms with van der Waals surface area (Å²) in [6, 6.07) is 1.71. The van der Waals surface area contributed by atoms with Gasteiger partial charge in [-0.3, -0.25) is 0 Å². The molecule has 1 fully saturated rings. The SMILES string of the molecule is C[C@H]1OCN(S(=O)(=O)c2ccc(C(F)(F)F)cc2)[C@@H]1C(O)O. The molecule has 1 aliphatic heterocycles. The predicted octanol–water partition coefficient (Wildman–Crippen LogP) is 0.752. The van der Waals surface area contributed by atoms with Crippen molar-refractivity contribution in [2.75, 3.05) is 6.73 Å². The minimum atomic E-state index is -4.57. The normalized spacial score (nSPS) is 24.1. The lowest BCUT2D eigenvalue weighted by atomic mass is 10.2. The van der Waals surface area contributed by atoms with E-state index in [1.165, 1.54) is 6.92 Å². The summed E-state index contributed by atoms with van der Waals surface area (Å²) in [6.45, 7) is 1.05. The number of halogens is 3. The highest BCUT2D eigenvalue weighted by Crippen LogP contribution is 2.31. The van der Waals surface area contributed by atoms with Crippen LogP contribution in [-0.4, -0.2) is 48.1 Å². The number of ether oxygens (including phenoxy) is 1. The van der Waals surface area contributed by atoms with Gasteiger partial charge in [-0.05, 0) is 31.2 Å². The predicted molar refractivity (Wildman–Crippen MR) is 67.9 cm³/mol. The number of aliphatic hydroxyl groups is 2. The van der Waals surface area contributed by atoms with Crippen molar-refractivity contribution in [2.24, 2.45) is 0 Å². The van der Waals surface area contributed by atoms with Gasteiger partial charge in [0.25, 0.3) is 0 Å². The molecule has 1 heterocycles. The van der Waals surface area contributed by atoms with E-state index in [0.717, 1.165) is 12.1 Å². The fourth-order valence-corrected chi connectivity index (χ4v) is 3.73. The Hall–Kier alpha value is -1.20. The Morgan fingerprint density at radius 2 is 1.82 bits per heavy atom. The zero-order valence-electron chi connectivity index (χ0n) is 11.4. The molecule has 0 amide bonds. The zero-order valence-corrected chi connectivity index (χ0v) is 12.2. The Labute approximate surface area is 124 Å². The molecule has 0 unspecified atom stereocenters. The highest BCUT2D eigenvalue weighted by molar-refractivity contribution is 7.89. The first kappa shape index (κ1) is 17.2. The van der Waals surface area contributed by atoms with Crippen LogP contribution in [0.3, 0.4) is 0 Å². The third-order valence-corrected chi connectivity index (χ3v) is 5.21. The minimum absolute atomic E-state index is 0.385. The number of sulfonamides is 1. The zero-order chi connectivity index (χ0) is 16.7. The molecule has 0 aliphatic carbocycles. The molecule has 1 aromatic rings. The molecule has 1 aliphatic rings. The summed E-state index contributed by atoms with van der Waals surface area (Å²) >= 11 is 0.